The van der Waals surface area contributed by atoms with E-state index < -0.39 is 11.7 Å². The number of fused-ring (bicyclic) bond motifs is 1. The molecule has 21 heavy (non-hydrogen) atoms. The zero-order valence-corrected chi connectivity index (χ0v) is 12.9. The van der Waals surface area contributed by atoms with Crippen molar-refractivity contribution in [2.24, 2.45) is 0 Å². The van der Waals surface area contributed by atoms with Gasteiger partial charge in [0.1, 0.15) is 6.54 Å². The molecule has 1 heterocycles. The van der Waals surface area contributed by atoms with Gasteiger partial charge in [-0.25, -0.2) is 0 Å². The Bertz CT molecular complexity index is 618. The molecule has 0 saturated heterocycles. The summed E-state index contributed by atoms with van der Waals surface area (Å²) in [5.74, 6) is -1.27. The van der Waals surface area contributed by atoms with Crippen LogP contribution in [0.2, 0.25) is 0 Å². The van der Waals surface area contributed by atoms with E-state index in [1.165, 1.54) is 4.90 Å². The Balaban J connectivity index is 2.40. The topological polar surface area (TPSA) is 57.7 Å². The van der Waals surface area contributed by atoms with Crippen LogP contribution in [-0.4, -0.2) is 42.1 Å². The second kappa shape index (κ2) is 5.68. The summed E-state index contributed by atoms with van der Waals surface area (Å²) in [6.07, 6.45) is 0. The van der Waals surface area contributed by atoms with Crippen LogP contribution in [0.5, 0.6) is 0 Å². The number of Topliss-reactive ketones (excluding diaryl/α,β-unsaturated/α-hetero) is 1. The van der Waals surface area contributed by atoms with E-state index in [-0.39, 0.29) is 12.5 Å². The van der Waals surface area contributed by atoms with Gasteiger partial charge in [-0.15, -0.1) is 0 Å². The summed E-state index contributed by atoms with van der Waals surface area (Å²) >= 11 is 0. The fraction of sp³-hybridized carbons (Fsp3) is 0.438. The van der Waals surface area contributed by atoms with Crippen LogP contribution in [0.25, 0.3) is 0 Å². The van der Waals surface area contributed by atoms with Crippen LogP contribution >= 0.6 is 0 Å². The van der Waals surface area contributed by atoms with Crippen LogP contribution in [0.15, 0.2) is 12.1 Å². The molecule has 0 N–H and O–H groups in total. The van der Waals surface area contributed by atoms with E-state index in [9.17, 15) is 14.4 Å². The number of rotatable bonds is 4. The fourth-order valence-electron chi connectivity index (χ4n) is 2.72. The molecule has 5 heteroatoms. The van der Waals surface area contributed by atoms with Gasteiger partial charge in [0.25, 0.3) is 11.7 Å². The van der Waals surface area contributed by atoms with Crippen molar-refractivity contribution in [2.45, 2.75) is 27.7 Å². The average molecular weight is 288 g/mol. The van der Waals surface area contributed by atoms with Crippen LogP contribution < -0.4 is 4.90 Å². The summed E-state index contributed by atoms with van der Waals surface area (Å²) in [4.78, 5) is 39.6. The first-order valence-corrected chi connectivity index (χ1v) is 7.16. The van der Waals surface area contributed by atoms with Crippen molar-refractivity contribution in [1.29, 1.82) is 0 Å². The lowest BCUT2D eigenvalue weighted by atomic mass is 10.0. The second-order valence-electron chi connectivity index (χ2n) is 5.21. The Labute approximate surface area is 124 Å². The molecule has 0 bridgehead atoms. The number of anilines is 1. The Morgan fingerprint density at radius 2 is 1.67 bits per heavy atom. The molecular weight excluding hydrogens is 268 g/mol. The number of carbonyl (C=O) groups is 3. The Hall–Kier alpha value is -2.17. The molecule has 0 saturated carbocycles. The molecule has 112 valence electrons. The highest BCUT2D eigenvalue weighted by Crippen LogP contribution is 2.34. The minimum Gasteiger partial charge on any atom is -0.342 e. The summed E-state index contributed by atoms with van der Waals surface area (Å²) < 4.78 is 0. The highest BCUT2D eigenvalue weighted by molar-refractivity contribution is 6.53. The van der Waals surface area contributed by atoms with Crippen molar-refractivity contribution in [2.75, 3.05) is 24.5 Å². The molecule has 0 aromatic heterocycles. The van der Waals surface area contributed by atoms with Crippen LogP contribution in [0.3, 0.4) is 0 Å². The Kier molecular flexibility index (Phi) is 4.11. The number of aryl methyl sites for hydroxylation is 2. The highest BCUT2D eigenvalue weighted by Gasteiger charge is 2.39. The lowest BCUT2D eigenvalue weighted by molar-refractivity contribution is -0.130. The summed E-state index contributed by atoms with van der Waals surface area (Å²) in [7, 11) is 0. The van der Waals surface area contributed by atoms with Gasteiger partial charge in [0, 0.05) is 13.1 Å². The van der Waals surface area contributed by atoms with Gasteiger partial charge in [-0.2, -0.15) is 0 Å². The van der Waals surface area contributed by atoms with Crippen LogP contribution in [0, 0.1) is 13.8 Å². The lowest BCUT2D eigenvalue weighted by Crippen LogP contribution is -2.42. The van der Waals surface area contributed by atoms with Gasteiger partial charge >= 0.3 is 0 Å². The molecule has 0 spiro atoms. The second-order valence-corrected chi connectivity index (χ2v) is 5.21. The SMILES string of the molecule is CCN(CC)C(=O)CN1C(=O)C(=O)c2c(C)ccc(C)c21. The maximum Gasteiger partial charge on any atom is 0.299 e. The molecule has 1 aromatic carbocycles. The van der Waals surface area contributed by atoms with Crippen molar-refractivity contribution in [3.8, 4) is 0 Å². The quantitative estimate of drug-likeness (QED) is 0.792. The number of benzene rings is 1. The first-order chi connectivity index (χ1) is 9.92. The third kappa shape index (κ3) is 2.44. The van der Waals surface area contributed by atoms with Gasteiger partial charge in [0.05, 0.1) is 11.3 Å². The molecule has 0 aliphatic carbocycles. The van der Waals surface area contributed by atoms with Crippen molar-refractivity contribution in [3.63, 3.8) is 0 Å². The molecule has 2 amide bonds. The van der Waals surface area contributed by atoms with Crippen molar-refractivity contribution < 1.29 is 14.4 Å². The Morgan fingerprint density at radius 3 is 2.24 bits per heavy atom. The lowest BCUT2D eigenvalue weighted by Gasteiger charge is -2.23. The number of ketones is 1. The molecule has 0 radical (unpaired) electrons. The van der Waals surface area contributed by atoms with E-state index >= 15 is 0 Å². The summed E-state index contributed by atoms with van der Waals surface area (Å²) in [6.45, 7) is 8.53. The van der Waals surface area contributed by atoms with Gasteiger partial charge in [-0.05, 0) is 38.8 Å². The van der Waals surface area contributed by atoms with Crippen LogP contribution in [0.4, 0.5) is 5.69 Å². The van der Waals surface area contributed by atoms with Gasteiger partial charge in [0.15, 0.2) is 0 Å². The average Bonchev–Trinajstić information content (AvgIpc) is 2.70. The van der Waals surface area contributed by atoms with Crippen LogP contribution in [-0.2, 0) is 9.59 Å². The van der Waals surface area contributed by atoms with E-state index in [0.29, 0.717) is 24.3 Å². The number of nitrogens with zero attached hydrogens (tertiary/aromatic N) is 2. The number of likely N-dealkylation sites (N-methyl/N-ethyl adjacent to an activating group) is 1. The number of carbonyl (C=O) groups excluding carboxylic acids is 3. The monoisotopic (exact) mass is 288 g/mol. The van der Waals surface area contributed by atoms with E-state index in [2.05, 4.69) is 0 Å². The van der Waals surface area contributed by atoms with Crippen molar-refractivity contribution >= 4 is 23.3 Å². The van der Waals surface area contributed by atoms with Crippen molar-refractivity contribution in [3.05, 3.63) is 28.8 Å². The molecule has 2 rings (SSSR count). The van der Waals surface area contributed by atoms with Crippen LogP contribution in [0.1, 0.15) is 35.3 Å². The zero-order valence-electron chi connectivity index (χ0n) is 12.9. The predicted octanol–water partition coefficient (Wildman–Crippen LogP) is 1.70. The van der Waals surface area contributed by atoms with Gasteiger partial charge in [-0.3, -0.25) is 19.3 Å². The maximum absolute atomic E-state index is 12.2. The minimum absolute atomic E-state index is 0.0798. The van der Waals surface area contributed by atoms with Gasteiger partial charge in [-0.1, -0.05) is 12.1 Å². The van der Waals surface area contributed by atoms with E-state index in [1.807, 2.05) is 32.9 Å². The van der Waals surface area contributed by atoms with Crippen molar-refractivity contribution in [1.82, 2.24) is 4.90 Å². The largest absolute Gasteiger partial charge is 0.342 e. The molecular formula is C16H20N2O3. The van der Waals surface area contributed by atoms with Gasteiger partial charge in [0.2, 0.25) is 5.91 Å². The standard InChI is InChI=1S/C16H20N2O3/c1-5-17(6-2)12(19)9-18-14-11(4)8-7-10(3)13(14)15(20)16(18)21/h7-8H,5-6,9H2,1-4H3. The van der Waals surface area contributed by atoms with E-state index in [4.69, 9.17) is 0 Å². The zero-order chi connectivity index (χ0) is 15.7. The fourth-order valence-corrected chi connectivity index (χ4v) is 2.72. The molecule has 1 aliphatic rings. The summed E-state index contributed by atoms with van der Waals surface area (Å²) in [5.41, 5.74) is 2.63. The highest BCUT2D eigenvalue weighted by atomic mass is 16.2. The molecule has 1 aliphatic heterocycles. The smallest absolute Gasteiger partial charge is 0.299 e. The molecule has 5 nitrogen and oxygen atoms in total. The Morgan fingerprint density at radius 1 is 1.10 bits per heavy atom. The van der Waals surface area contributed by atoms with E-state index in [1.54, 1.807) is 11.8 Å². The molecule has 0 fully saturated rings. The number of hydrogen-bond donors (Lipinski definition) is 0. The van der Waals surface area contributed by atoms with E-state index in [0.717, 1.165) is 11.1 Å². The summed E-state index contributed by atoms with van der Waals surface area (Å²) in [6, 6.07) is 3.70. The predicted molar refractivity (Wildman–Crippen MR) is 80.5 cm³/mol. The summed E-state index contributed by atoms with van der Waals surface area (Å²) in [5, 5.41) is 0. The third-order valence-electron chi connectivity index (χ3n) is 3.93. The minimum atomic E-state index is -0.608. The number of hydrogen-bond acceptors (Lipinski definition) is 3. The third-order valence-corrected chi connectivity index (χ3v) is 3.93. The first-order valence-electron chi connectivity index (χ1n) is 7.16. The maximum atomic E-state index is 12.2. The normalized spacial score (nSPS) is 13.6. The first kappa shape index (κ1) is 15.2. The number of amides is 2. The molecule has 0 atom stereocenters. The van der Waals surface area contributed by atoms with Gasteiger partial charge < -0.3 is 4.90 Å². The molecule has 1 aromatic rings. The molecule has 0 unspecified atom stereocenters.